The average Bonchev–Trinajstić information content (AvgIpc) is 2.48. The quantitative estimate of drug-likeness (QED) is 0.850. The van der Waals surface area contributed by atoms with Gasteiger partial charge in [-0.1, -0.05) is 12.1 Å². The van der Waals surface area contributed by atoms with E-state index < -0.39 is 0 Å². The maximum atomic E-state index is 9.60. The van der Waals surface area contributed by atoms with Crippen LogP contribution < -0.4 is 5.32 Å². The molecule has 0 aliphatic carbocycles. The average molecular weight is 288 g/mol. The highest BCUT2D eigenvalue weighted by Crippen LogP contribution is 2.25. The molecule has 0 saturated carbocycles. The first-order valence-electron chi connectivity index (χ1n) is 7.28. The highest BCUT2D eigenvalue weighted by molar-refractivity contribution is 5.37. The molecule has 1 saturated heterocycles. The minimum atomic E-state index is -0.318. The molecule has 1 N–H and O–H groups in total. The van der Waals surface area contributed by atoms with E-state index in [1.165, 1.54) is 18.4 Å². The summed E-state index contributed by atoms with van der Waals surface area (Å²) in [4.78, 5) is 9.60. The van der Waals surface area contributed by atoms with Crippen LogP contribution in [0, 0.1) is 11.3 Å². The van der Waals surface area contributed by atoms with Crippen LogP contribution in [0.4, 0.5) is 0 Å². The van der Waals surface area contributed by atoms with Crippen molar-refractivity contribution >= 4 is 6.47 Å². The van der Waals surface area contributed by atoms with E-state index in [9.17, 15) is 4.79 Å². The third-order valence-electron chi connectivity index (χ3n) is 3.23. The Morgan fingerprint density at radius 2 is 2.00 bits per heavy atom. The molecule has 0 radical (unpaired) electrons. The zero-order valence-corrected chi connectivity index (χ0v) is 13.1. The molecule has 1 fully saturated rings. The summed E-state index contributed by atoms with van der Waals surface area (Å²) in [6.07, 6.45) is 2.38. The number of nitrogens with one attached hydrogen (secondary N) is 1. The number of hydrogen-bond donors (Lipinski definition) is 1. The van der Waals surface area contributed by atoms with Crippen LogP contribution in [0.25, 0.3) is 0 Å². The van der Waals surface area contributed by atoms with Gasteiger partial charge in [0, 0.05) is 0 Å². The van der Waals surface area contributed by atoms with E-state index in [4.69, 9.17) is 5.26 Å². The molecule has 0 bridgehead atoms. The summed E-state index contributed by atoms with van der Waals surface area (Å²) in [6.45, 7) is 8.12. The Hall–Kier alpha value is -1.86. The topological polar surface area (TPSA) is 62.1 Å². The van der Waals surface area contributed by atoms with Crippen LogP contribution >= 0.6 is 0 Å². The predicted molar refractivity (Wildman–Crippen MR) is 82.9 cm³/mol. The Balaban J connectivity index is 0.000000270. The molecule has 4 nitrogen and oxygen atoms in total. The molecule has 21 heavy (non-hydrogen) atoms. The van der Waals surface area contributed by atoms with Crippen LogP contribution in [0.2, 0.25) is 0 Å². The van der Waals surface area contributed by atoms with E-state index in [1.807, 2.05) is 39.0 Å². The molecule has 114 valence electrons. The van der Waals surface area contributed by atoms with Crippen molar-refractivity contribution in [3.8, 4) is 6.07 Å². The summed E-state index contributed by atoms with van der Waals surface area (Å²) >= 11 is 0. The van der Waals surface area contributed by atoms with E-state index in [-0.39, 0.29) is 5.60 Å². The van der Waals surface area contributed by atoms with Crippen molar-refractivity contribution in [2.24, 2.45) is 0 Å². The van der Waals surface area contributed by atoms with Gasteiger partial charge in [0.1, 0.15) is 5.60 Å². The number of nitriles is 1. The first-order valence-corrected chi connectivity index (χ1v) is 7.28. The van der Waals surface area contributed by atoms with Gasteiger partial charge in [-0.3, -0.25) is 4.79 Å². The fraction of sp³-hybridized carbons (Fsp3) is 0.529. The number of benzene rings is 1. The standard InChI is InChI=1S/C12H14N2.C5H10O2/c13-9-10-2-1-3-12(8-10)11-4-6-14-7-5-11;1-5(2,3)7-4-6/h1-3,8,11,14H,4-7H2;4H,1-3H3. The number of nitrogens with zero attached hydrogens (tertiary/aromatic N) is 1. The SMILES string of the molecule is CC(C)(C)OC=O.N#Cc1cccc(C2CCNCC2)c1. The minimum absolute atomic E-state index is 0.318. The van der Waals surface area contributed by atoms with Gasteiger partial charge in [0.2, 0.25) is 0 Å². The number of ether oxygens (including phenoxy) is 1. The van der Waals surface area contributed by atoms with E-state index in [1.54, 1.807) is 0 Å². The van der Waals surface area contributed by atoms with Crippen LogP contribution in [0.3, 0.4) is 0 Å². The summed E-state index contributed by atoms with van der Waals surface area (Å²) < 4.78 is 4.55. The van der Waals surface area contributed by atoms with Crippen molar-refractivity contribution in [1.29, 1.82) is 5.26 Å². The fourth-order valence-electron chi connectivity index (χ4n) is 2.16. The largest absolute Gasteiger partial charge is 0.462 e. The molecule has 1 aliphatic heterocycles. The highest BCUT2D eigenvalue weighted by Gasteiger charge is 2.14. The van der Waals surface area contributed by atoms with Crippen molar-refractivity contribution < 1.29 is 9.53 Å². The molecular formula is C17H24N2O2. The number of rotatable bonds is 2. The van der Waals surface area contributed by atoms with Crippen LogP contribution in [0.15, 0.2) is 24.3 Å². The second kappa shape index (κ2) is 8.43. The van der Waals surface area contributed by atoms with Crippen molar-refractivity contribution in [3.63, 3.8) is 0 Å². The van der Waals surface area contributed by atoms with E-state index in [0.29, 0.717) is 12.4 Å². The maximum absolute atomic E-state index is 9.60. The second-order valence-corrected chi connectivity index (χ2v) is 6.09. The Labute approximate surface area is 127 Å². The van der Waals surface area contributed by atoms with Gasteiger partial charge in [0.05, 0.1) is 11.6 Å². The molecule has 0 aromatic heterocycles. The molecule has 2 rings (SSSR count). The van der Waals surface area contributed by atoms with Gasteiger partial charge >= 0.3 is 0 Å². The molecule has 0 atom stereocenters. The number of carbonyl (C=O) groups excluding carboxylic acids is 1. The zero-order chi connectivity index (χ0) is 15.7. The lowest BCUT2D eigenvalue weighted by atomic mass is 9.89. The molecule has 0 unspecified atom stereocenters. The fourth-order valence-corrected chi connectivity index (χ4v) is 2.16. The Kier molecular flexibility index (Phi) is 6.90. The van der Waals surface area contributed by atoms with Crippen molar-refractivity contribution in [2.75, 3.05) is 13.1 Å². The van der Waals surface area contributed by atoms with E-state index in [2.05, 4.69) is 22.2 Å². The second-order valence-electron chi connectivity index (χ2n) is 6.09. The van der Waals surface area contributed by atoms with Gasteiger partial charge in [0.15, 0.2) is 0 Å². The smallest absolute Gasteiger partial charge is 0.293 e. The Morgan fingerprint density at radius 3 is 2.48 bits per heavy atom. The van der Waals surface area contributed by atoms with Crippen molar-refractivity contribution in [1.82, 2.24) is 5.32 Å². The third-order valence-corrected chi connectivity index (χ3v) is 3.23. The first kappa shape index (κ1) is 17.2. The van der Waals surface area contributed by atoms with Gasteiger partial charge in [-0.25, -0.2) is 0 Å². The lowest BCUT2D eigenvalue weighted by Gasteiger charge is -2.22. The normalized spacial score (nSPS) is 15.3. The molecule has 1 aromatic carbocycles. The minimum Gasteiger partial charge on any atom is -0.462 e. The summed E-state index contributed by atoms with van der Waals surface area (Å²) in [6, 6.07) is 10.2. The molecule has 1 aliphatic rings. The molecule has 1 heterocycles. The lowest BCUT2D eigenvalue weighted by Crippen LogP contribution is -2.26. The van der Waals surface area contributed by atoms with Crippen LogP contribution in [0.5, 0.6) is 0 Å². The van der Waals surface area contributed by atoms with Crippen LogP contribution in [0.1, 0.15) is 50.7 Å². The van der Waals surface area contributed by atoms with E-state index in [0.717, 1.165) is 18.7 Å². The van der Waals surface area contributed by atoms with Gasteiger partial charge in [-0.15, -0.1) is 0 Å². The summed E-state index contributed by atoms with van der Waals surface area (Å²) in [5, 5.41) is 12.1. The number of carbonyl (C=O) groups is 1. The lowest BCUT2D eigenvalue weighted by molar-refractivity contribution is -0.138. The maximum Gasteiger partial charge on any atom is 0.293 e. The Morgan fingerprint density at radius 1 is 1.33 bits per heavy atom. The van der Waals surface area contributed by atoms with Crippen molar-refractivity contribution in [3.05, 3.63) is 35.4 Å². The van der Waals surface area contributed by atoms with Crippen molar-refractivity contribution in [2.45, 2.75) is 45.1 Å². The molecule has 1 aromatic rings. The summed E-state index contributed by atoms with van der Waals surface area (Å²) in [7, 11) is 0. The zero-order valence-electron chi connectivity index (χ0n) is 13.1. The van der Waals surface area contributed by atoms with Gasteiger partial charge < -0.3 is 10.1 Å². The number of hydrogen-bond acceptors (Lipinski definition) is 4. The van der Waals surface area contributed by atoms with Gasteiger partial charge in [-0.05, 0) is 70.3 Å². The molecule has 0 spiro atoms. The first-order chi connectivity index (χ1) is 9.96. The third kappa shape index (κ3) is 6.92. The predicted octanol–water partition coefficient (Wildman–Crippen LogP) is 2.98. The molecule has 4 heteroatoms. The molecular weight excluding hydrogens is 264 g/mol. The van der Waals surface area contributed by atoms with E-state index >= 15 is 0 Å². The Bertz CT molecular complexity index is 480. The molecule has 0 amide bonds. The summed E-state index contributed by atoms with van der Waals surface area (Å²) in [5.41, 5.74) is 1.79. The highest BCUT2D eigenvalue weighted by atomic mass is 16.5. The van der Waals surface area contributed by atoms with Gasteiger partial charge in [0.25, 0.3) is 6.47 Å². The summed E-state index contributed by atoms with van der Waals surface area (Å²) in [5.74, 6) is 0.643. The van der Waals surface area contributed by atoms with Crippen LogP contribution in [-0.2, 0) is 9.53 Å². The monoisotopic (exact) mass is 288 g/mol. The number of piperidine rings is 1. The van der Waals surface area contributed by atoms with Crippen LogP contribution in [-0.4, -0.2) is 25.2 Å². The van der Waals surface area contributed by atoms with Gasteiger partial charge in [-0.2, -0.15) is 5.26 Å².